The number of nitrogens with zero attached hydrogens (tertiary/aromatic N) is 2. The first kappa shape index (κ1) is 19.9. The maximum atomic E-state index is 13.0. The number of ether oxygens (including phenoxy) is 1. The number of carbonyl (C=O) groups excluding carboxylic acids is 2. The summed E-state index contributed by atoms with van der Waals surface area (Å²) in [4.78, 5) is 31.4. The fraction of sp³-hybridized carbons (Fsp3) is 0.409. The number of hydrogen-bond acceptors (Lipinski definition) is 4. The van der Waals surface area contributed by atoms with Gasteiger partial charge in [0.2, 0.25) is 5.91 Å². The second-order valence-corrected chi connectivity index (χ2v) is 7.17. The molecule has 2 aromatic rings. The molecule has 1 aromatic carbocycles. The third kappa shape index (κ3) is 4.01. The molecule has 1 N–H and O–H groups in total. The van der Waals surface area contributed by atoms with E-state index >= 15 is 0 Å². The van der Waals surface area contributed by atoms with Gasteiger partial charge in [0.25, 0.3) is 5.91 Å². The normalized spacial score (nSPS) is 16.1. The molecule has 28 heavy (non-hydrogen) atoms. The van der Waals surface area contributed by atoms with Gasteiger partial charge in [0.05, 0.1) is 36.5 Å². The lowest BCUT2D eigenvalue weighted by Gasteiger charge is -2.25. The Kier molecular flexibility index (Phi) is 5.97. The van der Waals surface area contributed by atoms with Crippen molar-refractivity contribution in [3.8, 4) is 5.75 Å². The van der Waals surface area contributed by atoms with Crippen LogP contribution in [0.3, 0.4) is 0 Å². The monoisotopic (exact) mass is 381 g/mol. The summed E-state index contributed by atoms with van der Waals surface area (Å²) in [7, 11) is 3.25. The van der Waals surface area contributed by atoms with E-state index in [4.69, 9.17) is 4.74 Å². The fourth-order valence-corrected chi connectivity index (χ4v) is 3.84. The van der Waals surface area contributed by atoms with Crippen LogP contribution in [0.2, 0.25) is 0 Å². The molecule has 0 bridgehead atoms. The molecule has 1 aliphatic heterocycles. The van der Waals surface area contributed by atoms with E-state index in [2.05, 4.69) is 10.3 Å². The molecule has 1 saturated heterocycles. The van der Waals surface area contributed by atoms with Crippen molar-refractivity contribution < 1.29 is 14.3 Å². The van der Waals surface area contributed by atoms with E-state index in [1.807, 2.05) is 43.0 Å². The zero-order valence-corrected chi connectivity index (χ0v) is 16.9. The second-order valence-electron chi connectivity index (χ2n) is 7.17. The van der Waals surface area contributed by atoms with Crippen LogP contribution in [0.25, 0.3) is 0 Å². The highest BCUT2D eigenvalue weighted by Gasteiger charge is 2.31. The van der Waals surface area contributed by atoms with E-state index in [0.717, 1.165) is 42.0 Å². The van der Waals surface area contributed by atoms with Gasteiger partial charge in [-0.2, -0.15) is 0 Å². The summed E-state index contributed by atoms with van der Waals surface area (Å²) in [6.45, 7) is 4.54. The van der Waals surface area contributed by atoms with Crippen LogP contribution in [0.1, 0.15) is 51.8 Å². The lowest BCUT2D eigenvalue weighted by Crippen LogP contribution is -2.32. The molecule has 6 nitrogen and oxygen atoms in total. The number of nitrogens with one attached hydrogen (secondary N) is 1. The molecule has 0 aliphatic carbocycles. The molecule has 6 heteroatoms. The second kappa shape index (κ2) is 8.42. The molecule has 148 valence electrons. The summed E-state index contributed by atoms with van der Waals surface area (Å²) in [6, 6.07) is 9.47. The molecule has 0 radical (unpaired) electrons. The van der Waals surface area contributed by atoms with Gasteiger partial charge in [-0.1, -0.05) is 12.1 Å². The summed E-state index contributed by atoms with van der Waals surface area (Å²) in [5.74, 6) is 0.777. The summed E-state index contributed by atoms with van der Waals surface area (Å²) < 4.78 is 5.29. The minimum atomic E-state index is -0.147. The fourth-order valence-electron chi connectivity index (χ4n) is 3.84. The van der Waals surface area contributed by atoms with Crippen molar-refractivity contribution in [1.82, 2.24) is 15.2 Å². The first-order valence-corrected chi connectivity index (χ1v) is 9.57. The smallest absolute Gasteiger partial charge is 0.252 e. The van der Waals surface area contributed by atoms with Crippen molar-refractivity contribution in [2.45, 2.75) is 39.2 Å². The molecule has 0 spiro atoms. The lowest BCUT2D eigenvalue weighted by atomic mass is 10.1. The van der Waals surface area contributed by atoms with E-state index < -0.39 is 0 Å². The minimum absolute atomic E-state index is 0.0377. The molecule has 1 aromatic heterocycles. The van der Waals surface area contributed by atoms with Crippen LogP contribution < -0.4 is 10.1 Å². The van der Waals surface area contributed by atoms with Crippen LogP contribution in [0.15, 0.2) is 30.3 Å². The Morgan fingerprint density at radius 2 is 2.04 bits per heavy atom. The van der Waals surface area contributed by atoms with Gasteiger partial charge < -0.3 is 15.0 Å². The quantitative estimate of drug-likeness (QED) is 0.864. The van der Waals surface area contributed by atoms with Crippen molar-refractivity contribution in [1.29, 1.82) is 0 Å². The largest absolute Gasteiger partial charge is 0.496 e. The molecule has 2 heterocycles. The zero-order valence-electron chi connectivity index (χ0n) is 16.9. The number of rotatable bonds is 5. The van der Waals surface area contributed by atoms with Gasteiger partial charge in [0, 0.05) is 13.6 Å². The SMILES string of the molecule is CNC(=O)c1ccc(C2CCCN2C(=O)Cc2ccc(OC)c(C)c2)nc1C. The number of amides is 2. The van der Waals surface area contributed by atoms with Gasteiger partial charge in [-0.15, -0.1) is 0 Å². The van der Waals surface area contributed by atoms with E-state index in [1.54, 1.807) is 20.2 Å². The van der Waals surface area contributed by atoms with Crippen molar-refractivity contribution in [2.24, 2.45) is 0 Å². The standard InChI is InChI=1S/C22H27N3O3/c1-14-12-16(7-10-20(14)28-4)13-21(26)25-11-5-6-19(25)18-9-8-17(15(2)24-18)22(27)23-3/h7-10,12,19H,5-6,11,13H2,1-4H3,(H,23,27). The highest BCUT2D eigenvalue weighted by molar-refractivity contribution is 5.95. The lowest BCUT2D eigenvalue weighted by molar-refractivity contribution is -0.131. The molecule has 3 rings (SSSR count). The number of hydrogen-bond donors (Lipinski definition) is 1. The molecular weight excluding hydrogens is 354 g/mol. The topological polar surface area (TPSA) is 71.5 Å². The Bertz CT molecular complexity index is 895. The number of methoxy groups -OCH3 is 1. The van der Waals surface area contributed by atoms with Crippen LogP contribution in [-0.2, 0) is 11.2 Å². The predicted octanol–water partition coefficient (Wildman–Crippen LogP) is 2.97. The minimum Gasteiger partial charge on any atom is -0.496 e. The van der Waals surface area contributed by atoms with Gasteiger partial charge in [-0.25, -0.2) is 0 Å². The van der Waals surface area contributed by atoms with Crippen molar-refractivity contribution in [3.63, 3.8) is 0 Å². The molecule has 0 saturated carbocycles. The Labute approximate surface area is 165 Å². The van der Waals surface area contributed by atoms with Crippen molar-refractivity contribution in [2.75, 3.05) is 20.7 Å². The number of aryl methyl sites for hydroxylation is 2. The Morgan fingerprint density at radius 1 is 1.25 bits per heavy atom. The van der Waals surface area contributed by atoms with Crippen LogP contribution >= 0.6 is 0 Å². The average Bonchev–Trinajstić information content (AvgIpc) is 3.17. The first-order valence-electron chi connectivity index (χ1n) is 9.57. The molecule has 2 amide bonds. The molecule has 1 atom stereocenters. The molecule has 1 fully saturated rings. The zero-order chi connectivity index (χ0) is 20.3. The van der Waals surface area contributed by atoms with E-state index in [-0.39, 0.29) is 17.9 Å². The van der Waals surface area contributed by atoms with Gasteiger partial charge in [0.1, 0.15) is 5.75 Å². The first-order chi connectivity index (χ1) is 13.4. The van der Waals surface area contributed by atoms with Gasteiger partial charge in [0.15, 0.2) is 0 Å². The number of pyridine rings is 1. The van der Waals surface area contributed by atoms with Crippen LogP contribution in [0.5, 0.6) is 5.75 Å². The van der Waals surface area contributed by atoms with Crippen LogP contribution in [0.4, 0.5) is 0 Å². The Balaban J connectivity index is 1.77. The summed E-state index contributed by atoms with van der Waals surface area (Å²) in [5.41, 5.74) is 4.10. The number of aromatic nitrogens is 1. The van der Waals surface area contributed by atoms with Crippen molar-refractivity contribution in [3.05, 3.63) is 58.4 Å². The maximum absolute atomic E-state index is 13.0. The van der Waals surface area contributed by atoms with Crippen LogP contribution in [-0.4, -0.2) is 42.4 Å². The third-order valence-electron chi connectivity index (χ3n) is 5.31. The molecule has 1 unspecified atom stereocenters. The van der Waals surface area contributed by atoms with Crippen molar-refractivity contribution >= 4 is 11.8 Å². The summed E-state index contributed by atoms with van der Waals surface area (Å²) in [6.07, 6.45) is 2.20. The predicted molar refractivity (Wildman–Crippen MR) is 107 cm³/mol. The summed E-state index contributed by atoms with van der Waals surface area (Å²) in [5, 5.41) is 2.63. The van der Waals surface area contributed by atoms with Gasteiger partial charge in [-0.05, 0) is 56.0 Å². The number of carbonyl (C=O) groups is 2. The van der Waals surface area contributed by atoms with Gasteiger partial charge in [-0.3, -0.25) is 14.6 Å². The average molecular weight is 381 g/mol. The number of benzene rings is 1. The number of likely N-dealkylation sites (tertiary alicyclic amines) is 1. The Morgan fingerprint density at radius 3 is 2.68 bits per heavy atom. The summed E-state index contributed by atoms with van der Waals surface area (Å²) >= 11 is 0. The highest BCUT2D eigenvalue weighted by atomic mass is 16.5. The Hall–Kier alpha value is -2.89. The maximum Gasteiger partial charge on any atom is 0.252 e. The van der Waals surface area contributed by atoms with Gasteiger partial charge >= 0.3 is 0 Å². The highest BCUT2D eigenvalue weighted by Crippen LogP contribution is 2.32. The van der Waals surface area contributed by atoms with E-state index in [0.29, 0.717) is 17.7 Å². The van der Waals surface area contributed by atoms with E-state index in [9.17, 15) is 9.59 Å². The van der Waals surface area contributed by atoms with Crippen LogP contribution in [0, 0.1) is 13.8 Å². The van der Waals surface area contributed by atoms with E-state index in [1.165, 1.54) is 0 Å². The molecule has 1 aliphatic rings. The third-order valence-corrected chi connectivity index (χ3v) is 5.31. The molecular formula is C22H27N3O3.